The van der Waals surface area contributed by atoms with Crippen molar-refractivity contribution in [3.63, 3.8) is 0 Å². The summed E-state index contributed by atoms with van der Waals surface area (Å²) in [6.07, 6.45) is -3.49. The van der Waals surface area contributed by atoms with Gasteiger partial charge in [0.2, 0.25) is 21.8 Å². The minimum Gasteiger partial charge on any atom is -0.479 e. The highest BCUT2D eigenvalue weighted by Gasteiger charge is 2.46. The van der Waals surface area contributed by atoms with E-state index < -0.39 is 69.1 Å². The van der Waals surface area contributed by atoms with Gasteiger partial charge >= 0.3 is 12.1 Å². The van der Waals surface area contributed by atoms with Crippen LogP contribution in [-0.2, 0) is 30.6 Å². The van der Waals surface area contributed by atoms with Crippen LogP contribution in [0.4, 0.5) is 13.2 Å². The maximum Gasteiger partial charge on any atom is 0.416 e. The van der Waals surface area contributed by atoms with Gasteiger partial charge in [-0.15, -0.1) is 0 Å². The Kier molecular flexibility index (Phi) is 12.0. The van der Waals surface area contributed by atoms with E-state index in [1.54, 1.807) is 58.0 Å². The number of hydrogen-bond donors (Lipinski definition) is 5. The molecular formula is C32H43F3N4O6S. The number of carboxylic acid groups (broad SMARTS) is 1. The molecule has 0 saturated heterocycles. The fourth-order valence-corrected chi connectivity index (χ4v) is 6.86. The molecule has 1 aliphatic rings. The standard InChI is InChI=1S/C32H43F3N4O6S/c1-19(2)27(36)29(41)38-31(20(3)4,30(42)43)18-26(21-8-6-5-7-9-21)37-28(40)22-10-14-24(15-11-22)39-46(44,45)25-16-12-23(13-17-25)32(33,34)35/h5-9,12-13,16-17,19-20,22,24,26-27,39H,10-11,14-15,18,36H2,1-4H3,(H,37,40)(H,38,41)(H,42,43)/t22?,24?,26-,27-,31-/m0/s1. The fraction of sp³-hybridized carbons (Fsp3) is 0.531. The van der Waals surface area contributed by atoms with Crippen LogP contribution in [0.1, 0.15) is 77.0 Å². The van der Waals surface area contributed by atoms with Crippen molar-refractivity contribution in [2.24, 2.45) is 23.5 Å². The van der Waals surface area contributed by atoms with Crippen molar-refractivity contribution in [2.45, 2.75) is 94.5 Å². The van der Waals surface area contributed by atoms with E-state index in [0.29, 0.717) is 43.4 Å². The van der Waals surface area contributed by atoms with Gasteiger partial charge in [0, 0.05) is 18.4 Å². The first-order valence-corrected chi connectivity index (χ1v) is 16.7. The third-order valence-electron chi connectivity index (χ3n) is 8.69. The van der Waals surface area contributed by atoms with Gasteiger partial charge in [0.1, 0.15) is 5.54 Å². The normalized spacial score (nSPS) is 20.0. The Labute approximate surface area is 267 Å². The largest absolute Gasteiger partial charge is 0.479 e. The molecule has 1 fully saturated rings. The molecule has 0 unspecified atom stereocenters. The van der Waals surface area contributed by atoms with Crippen molar-refractivity contribution in [3.05, 3.63) is 65.7 Å². The number of nitrogens with two attached hydrogens (primary N) is 1. The molecule has 1 aliphatic carbocycles. The number of rotatable bonds is 13. The third-order valence-corrected chi connectivity index (χ3v) is 10.2. The lowest BCUT2D eigenvalue weighted by molar-refractivity contribution is -0.151. The second-order valence-corrected chi connectivity index (χ2v) is 14.3. The van der Waals surface area contributed by atoms with Crippen LogP contribution in [0.2, 0.25) is 0 Å². The smallest absolute Gasteiger partial charge is 0.416 e. The highest BCUT2D eigenvalue weighted by Crippen LogP contribution is 2.33. The summed E-state index contributed by atoms with van der Waals surface area (Å²) in [5, 5.41) is 16.1. The first kappa shape index (κ1) is 37.0. The van der Waals surface area contributed by atoms with Crippen molar-refractivity contribution in [2.75, 3.05) is 0 Å². The van der Waals surface area contributed by atoms with Crippen LogP contribution >= 0.6 is 0 Å². The first-order chi connectivity index (χ1) is 21.4. The van der Waals surface area contributed by atoms with E-state index in [4.69, 9.17) is 5.73 Å². The van der Waals surface area contributed by atoms with Crippen LogP contribution < -0.4 is 21.1 Å². The van der Waals surface area contributed by atoms with Crippen LogP contribution in [-0.4, -0.2) is 48.9 Å². The minimum atomic E-state index is -4.59. The number of halogens is 3. The number of benzene rings is 2. The molecule has 6 N–H and O–H groups in total. The van der Waals surface area contributed by atoms with Gasteiger partial charge in [0.05, 0.1) is 22.5 Å². The molecule has 254 valence electrons. The molecule has 10 nitrogen and oxygen atoms in total. The topological polar surface area (TPSA) is 168 Å². The molecule has 46 heavy (non-hydrogen) atoms. The van der Waals surface area contributed by atoms with E-state index in [1.807, 2.05) is 0 Å². The van der Waals surface area contributed by atoms with E-state index in [-0.39, 0.29) is 23.1 Å². The van der Waals surface area contributed by atoms with Crippen LogP contribution in [0, 0.1) is 17.8 Å². The molecule has 0 radical (unpaired) electrons. The number of carbonyl (C=O) groups excluding carboxylic acids is 2. The third kappa shape index (κ3) is 9.07. The molecular weight excluding hydrogens is 625 g/mol. The molecule has 0 aromatic heterocycles. The summed E-state index contributed by atoms with van der Waals surface area (Å²) in [6.45, 7) is 6.85. The molecule has 0 bridgehead atoms. The average Bonchev–Trinajstić information content (AvgIpc) is 2.99. The van der Waals surface area contributed by atoms with E-state index in [9.17, 15) is 41.1 Å². The zero-order valence-electron chi connectivity index (χ0n) is 26.3. The number of sulfonamides is 1. The summed E-state index contributed by atoms with van der Waals surface area (Å²) in [6, 6.07) is 9.78. The molecule has 0 spiro atoms. The molecule has 3 rings (SSSR count). The van der Waals surface area contributed by atoms with E-state index in [0.717, 1.165) is 12.1 Å². The number of hydrogen-bond acceptors (Lipinski definition) is 6. The lowest BCUT2D eigenvalue weighted by Gasteiger charge is -2.39. The van der Waals surface area contributed by atoms with Gasteiger partial charge in [0.15, 0.2) is 0 Å². The molecule has 1 saturated carbocycles. The molecule has 2 amide bonds. The second-order valence-electron chi connectivity index (χ2n) is 12.6. The Morgan fingerprint density at radius 1 is 0.935 bits per heavy atom. The Bertz CT molecular complexity index is 1460. The van der Waals surface area contributed by atoms with Crippen LogP contribution in [0.25, 0.3) is 0 Å². The highest BCUT2D eigenvalue weighted by molar-refractivity contribution is 7.89. The number of carbonyl (C=O) groups is 3. The number of nitrogens with one attached hydrogen (secondary N) is 3. The minimum absolute atomic E-state index is 0.158. The Morgan fingerprint density at radius 2 is 1.50 bits per heavy atom. The van der Waals surface area contributed by atoms with Gasteiger partial charge < -0.3 is 21.5 Å². The second kappa shape index (κ2) is 14.9. The number of alkyl halides is 3. The van der Waals surface area contributed by atoms with E-state index in [2.05, 4.69) is 15.4 Å². The molecule has 0 aliphatic heterocycles. The van der Waals surface area contributed by atoms with Crippen molar-refractivity contribution >= 4 is 27.8 Å². The number of amides is 2. The maximum atomic E-state index is 13.6. The number of carboxylic acids is 1. The Morgan fingerprint density at radius 3 is 1.98 bits per heavy atom. The molecule has 2 aromatic carbocycles. The maximum absolute atomic E-state index is 13.6. The summed E-state index contributed by atoms with van der Waals surface area (Å²) in [7, 11) is -4.09. The van der Waals surface area contributed by atoms with E-state index >= 15 is 0 Å². The first-order valence-electron chi connectivity index (χ1n) is 15.2. The van der Waals surface area contributed by atoms with Gasteiger partial charge in [-0.1, -0.05) is 58.0 Å². The van der Waals surface area contributed by atoms with Crippen LogP contribution in [0.15, 0.2) is 59.5 Å². The van der Waals surface area contributed by atoms with Crippen molar-refractivity contribution in [1.82, 2.24) is 15.4 Å². The summed E-state index contributed by atoms with van der Waals surface area (Å²) in [4.78, 5) is 39.0. The van der Waals surface area contributed by atoms with Crippen molar-refractivity contribution < 1.29 is 41.1 Å². The zero-order valence-corrected chi connectivity index (χ0v) is 27.1. The van der Waals surface area contributed by atoms with Gasteiger partial charge in [0.25, 0.3) is 0 Å². The van der Waals surface area contributed by atoms with Gasteiger partial charge in [-0.2, -0.15) is 13.2 Å². The lowest BCUT2D eigenvalue weighted by Crippen LogP contribution is -2.63. The lowest BCUT2D eigenvalue weighted by atomic mass is 9.78. The summed E-state index contributed by atoms with van der Waals surface area (Å²) < 4.78 is 66.8. The van der Waals surface area contributed by atoms with Gasteiger partial charge in [-0.25, -0.2) is 17.9 Å². The quantitative estimate of drug-likeness (QED) is 0.211. The molecule has 0 heterocycles. The number of aliphatic carboxylic acids is 1. The van der Waals surface area contributed by atoms with Crippen molar-refractivity contribution in [3.8, 4) is 0 Å². The predicted molar refractivity (Wildman–Crippen MR) is 166 cm³/mol. The molecule has 2 aromatic rings. The zero-order chi connectivity index (χ0) is 34.4. The summed E-state index contributed by atoms with van der Waals surface area (Å²) in [5.41, 5.74) is 3.96. The Balaban J connectivity index is 1.74. The van der Waals surface area contributed by atoms with Crippen LogP contribution in [0.5, 0.6) is 0 Å². The molecule has 14 heteroatoms. The highest BCUT2D eigenvalue weighted by atomic mass is 32.2. The van der Waals surface area contributed by atoms with E-state index in [1.165, 1.54) is 0 Å². The Hall–Kier alpha value is -3.49. The summed E-state index contributed by atoms with van der Waals surface area (Å²) >= 11 is 0. The summed E-state index contributed by atoms with van der Waals surface area (Å²) in [5.74, 6) is -3.53. The van der Waals surface area contributed by atoms with Gasteiger partial charge in [-0.05, 0) is 67.3 Å². The fourth-order valence-electron chi connectivity index (χ4n) is 5.56. The SMILES string of the molecule is CC(C)[C@H](N)C(=O)N[C@](C[C@H](NC(=O)C1CCC(NS(=O)(=O)c2ccc(C(F)(F)F)cc2)CC1)c1ccccc1)(C(=O)O)C(C)C. The molecule has 3 atom stereocenters. The monoisotopic (exact) mass is 668 g/mol. The van der Waals surface area contributed by atoms with Crippen LogP contribution in [0.3, 0.4) is 0 Å². The predicted octanol–water partition coefficient (Wildman–Crippen LogP) is 4.37. The average molecular weight is 669 g/mol. The van der Waals surface area contributed by atoms with Crippen molar-refractivity contribution in [1.29, 1.82) is 0 Å². The van der Waals surface area contributed by atoms with Gasteiger partial charge in [-0.3, -0.25) is 9.59 Å².